The van der Waals surface area contributed by atoms with Gasteiger partial charge in [0.25, 0.3) is 0 Å². The zero-order valence-electron chi connectivity index (χ0n) is 58.4. The fourth-order valence-electron chi connectivity index (χ4n) is 17.2. The van der Waals surface area contributed by atoms with E-state index in [9.17, 15) is 0 Å². The third-order valence-corrected chi connectivity index (χ3v) is 22.0. The first-order valence-electron chi connectivity index (χ1n) is 36.8. The average molecular weight is 1380 g/mol. The smallest absolute Gasteiger partial charge is 0.164 e. The van der Waals surface area contributed by atoms with E-state index in [0.29, 0.717) is 17.5 Å². The van der Waals surface area contributed by atoms with Crippen molar-refractivity contribution in [1.29, 1.82) is 0 Å². The van der Waals surface area contributed by atoms with Crippen LogP contribution in [0.3, 0.4) is 0 Å². The van der Waals surface area contributed by atoms with Crippen LogP contribution >= 0.6 is 0 Å². The summed E-state index contributed by atoms with van der Waals surface area (Å²) in [6.07, 6.45) is 0. The van der Waals surface area contributed by atoms with E-state index in [4.69, 9.17) is 19.9 Å². The molecule has 22 rings (SSSR count). The Morgan fingerprint density at radius 3 is 1.25 bits per heavy atom. The molecule has 8 heteroatoms. The number of benzene rings is 16. The van der Waals surface area contributed by atoms with Gasteiger partial charge in [-0.25, -0.2) is 19.9 Å². The van der Waals surface area contributed by atoms with Gasteiger partial charge in [0.1, 0.15) is 0 Å². The lowest BCUT2D eigenvalue weighted by molar-refractivity contribution is 1.07. The van der Waals surface area contributed by atoms with Crippen molar-refractivity contribution in [3.05, 3.63) is 376 Å². The van der Waals surface area contributed by atoms with Gasteiger partial charge in [-0.05, 0) is 129 Å². The highest BCUT2D eigenvalue weighted by atomic mass is 15.1. The largest absolute Gasteiger partial charge is 0.309 e. The summed E-state index contributed by atoms with van der Waals surface area (Å²) in [5.74, 6) is 1.78. The number of para-hydroxylation sites is 5. The summed E-state index contributed by atoms with van der Waals surface area (Å²) in [4.78, 5) is 21.4. The van der Waals surface area contributed by atoms with Crippen LogP contribution in [0.1, 0.15) is 0 Å². The van der Waals surface area contributed by atoms with Gasteiger partial charge in [-0.2, -0.15) is 0 Å². The van der Waals surface area contributed by atoms with Crippen molar-refractivity contribution >= 4 is 109 Å². The van der Waals surface area contributed by atoms with E-state index in [-0.39, 0.29) is 0 Å². The second-order valence-electron chi connectivity index (χ2n) is 28.0. The molecule has 0 bridgehead atoms. The second kappa shape index (κ2) is 24.5. The fourth-order valence-corrected chi connectivity index (χ4v) is 17.2. The molecule has 6 heterocycles. The zero-order chi connectivity index (χ0) is 70.9. The van der Waals surface area contributed by atoms with Crippen molar-refractivity contribution in [2.24, 2.45) is 0 Å². The number of nitrogens with zero attached hydrogens (tertiary/aromatic N) is 8. The molecule has 0 fully saturated rings. The number of hydrogen-bond donors (Lipinski definition) is 0. The van der Waals surface area contributed by atoms with Gasteiger partial charge in [-0.15, -0.1) is 0 Å². The summed E-state index contributed by atoms with van der Waals surface area (Å²) < 4.78 is 9.79. The van der Waals surface area contributed by atoms with E-state index >= 15 is 0 Å². The van der Waals surface area contributed by atoms with Crippen molar-refractivity contribution in [2.75, 3.05) is 0 Å². The Bertz CT molecular complexity index is 7390. The number of rotatable bonds is 11. The summed E-state index contributed by atoms with van der Waals surface area (Å²) in [7, 11) is 0. The van der Waals surface area contributed by atoms with Crippen LogP contribution in [-0.4, -0.2) is 38.2 Å². The fraction of sp³-hybridized carbons (Fsp3) is 0. The molecule has 0 saturated heterocycles. The van der Waals surface area contributed by atoms with Crippen molar-refractivity contribution in [2.45, 2.75) is 0 Å². The molecule has 0 aliphatic carbocycles. The van der Waals surface area contributed by atoms with Gasteiger partial charge in [-0.3, -0.25) is 0 Å². The Morgan fingerprint density at radius 2 is 0.602 bits per heavy atom. The Morgan fingerprint density at radius 1 is 0.185 bits per heavy atom. The van der Waals surface area contributed by atoms with Gasteiger partial charge in [0.2, 0.25) is 0 Å². The molecule has 0 spiro atoms. The average Bonchev–Trinajstić information content (AvgIpc) is 1.54. The maximum absolute atomic E-state index is 5.57. The summed E-state index contributed by atoms with van der Waals surface area (Å²) in [5, 5.41) is 14.2. The lowest BCUT2D eigenvalue weighted by Crippen LogP contribution is -2.01. The molecular formula is C100H62N8. The molecule has 0 radical (unpaired) electrons. The summed E-state index contributed by atoms with van der Waals surface area (Å²) in [6, 6.07) is 136. The molecule has 6 aromatic heterocycles. The molecule has 0 amide bonds. The molecule has 22 aromatic rings. The van der Waals surface area contributed by atoms with Gasteiger partial charge < -0.3 is 18.3 Å². The molecule has 0 atom stereocenters. The van der Waals surface area contributed by atoms with Crippen LogP contribution in [0.4, 0.5) is 0 Å². The van der Waals surface area contributed by atoms with Crippen molar-refractivity contribution in [3.63, 3.8) is 0 Å². The number of hydrogen-bond acceptors (Lipinski definition) is 4. The molecule has 16 aromatic carbocycles. The molecule has 108 heavy (non-hydrogen) atoms. The second-order valence-corrected chi connectivity index (χ2v) is 28.0. The van der Waals surface area contributed by atoms with E-state index in [1.165, 1.54) is 64.9 Å². The summed E-state index contributed by atoms with van der Waals surface area (Å²) in [6.45, 7) is 0. The van der Waals surface area contributed by atoms with Crippen LogP contribution in [0.15, 0.2) is 376 Å². The zero-order valence-corrected chi connectivity index (χ0v) is 58.4. The van der Waals surface area contributed by atoms with Crippen LogP contribution < -0.4 is 0 Å². The minimum absolute atomic E-state index is 0.588. The highest BCUT2D eigenvalue weighted by Crippen LogP contribution is 2.47. The minimum atomic E-state index is 0.588. The van der Waals surface area contributed by atoms with E-state index in [0.717, 1.165) is 128 Å². The van der Waals surface area contributed by atoms with Crippen LogP contribution in [0.25, 0.3) is 210 Å². The monoisotopic (exact) mass is 1370 g/mol. The molecule has 502 valence electrons. The normalized spacial score (nSPS) is 11.9. The Balaban J connectivity index is 0.658. The first-order valence-corrected chi connectivity index (χ1v) is 36.8. The quantitative estimate of drug-likeness (QED) is 0.129. The van der Waals surface area contributed by atoms with Crippen molar-refractivity contribution in [1.82, 2.24) is 38.2 Å². The maximum Gasteiger partial charge on any atom is 0.164 e. The lowest BCUT2D eigenvalue weighted by Gasteiger charge is -2.16. The Labute approximate surface area is 620 Å². The highest BCUT2D eigenvalue weighted by Gasteiger charge is 2.26. The molecule has 0 saturated carbocycles. The molecule has 0 unspecified atom stereocenters. The molecule has 8 nitrogen and oxygen atoms in total. The topological polar surface area (TPSA) is 71.3 Å². The van der Waals surface area contributed by atoms with Crippen LogP contribution in [-0.2, 0) is 0 Å². The third kappa shape index (κ3) is 9.64. The van der Waals surface area contributed by atoms with Gasteiger partial charge in [0, 0.05) is 93.4 Å². The van der Waals surface area contributed by atoms with E-state index in [1.807, 2.05) is 18.2 Å². The SMILES string of the molecule is c1ccc(-c2cc(-c3cccc4ccccc34)nc(-c3ccc(-n4c5ccccc5c5c4ccc4c6ccc(-c7ccc(-c8nc(-c9ccccc9)nc(-c9cccc(-n%10c%11ccccc%11c%11c%10ccc%10c%12ccccc%12n(-c%12ccccc%12)c%10%11)c9)n8)cc7)cc6n(-c6ccccc6)c45)c4ccccc34)c2)cc1. The van der Waals surface area contributed by atoms with E-state index in [1.54, 1.807) is 0 Å². The first kappa shape index (κ1) is 60.9. The van der Waals surface area contributed by atoms with E-state index in [2.05, 4.69) is 376 Å². The Hall–Kier alpha value is -14.6. The third-order valence-electron chi connectivity index (χ3n) is 22.0. The molecule has 0 N–H and O–H groups in total. The molecule has 0 aliphatic heterocycles. The number of fused-ring (bicyclic) bond motifs is 16. The highest BCUT2D eigenvalue weighted by molar-refractivity contribution is 6.28. The number of pyridine rings is 1. The van der Waals surface area contributed by atoms with Crippen molar-refractivity contribution < 1.29 is 0 Å². The van der Waals surface area contributed by atoms with Gasteiger partial charge in [-0.1, -0.05) is 285 Å². The predicted molar refractivity (Wildman–Crippen MR) is 448 cm³/mol. The number of aromatic nitrogens is 8. The van der Waals surface area contributed by atoms with Gasteiger partial charge >= 0.3 is 0 Å². The summed E-state index contributed by atoms with van der Waals surface area (Å²) >= 11 is 0. The van der Waals surface area contributed by atoms with Crippen LogP contribution in [0, 0.1) is 0 Å². The molecular weight excluding hydrogens is 1310 g/mol. The van der Waals surface area contributed by atoms with Gasteiger partial charge in [0.15, 0.2) is 17.5 Å². The Kier molecular flexibility index (Phi) is 13.8. The summed E-state index contributed by atoms with van der Waals surface area (Å²) in [5.41, 5.74) is 24.6. The van der Waals surface area contributed by atoms with Crippen molar-refractivity contribution in [3.8, 4) is 102 Å². The van der Waals surface area contributed by atoms with Gasteiger partial charge in [0.05, 0.1) is 61.2 Å². The van der Waals surface area contributed by atoms with Crippen LogP contribution in [0.5, 0.6) is 0 Å². The first-order chi connectivity index (χ1) is 53.6. The maximum atomic E-state index is 5.57. The molecule has 0 aliphatic rings. The predicted octanol–water partition coefficient (Wildman–Crippen LogP) is 25.6. The minimum Gasteiger partial charge on any atom is -0.309 e. The van der Waals surface area contributed by atoms with E-state index < -0.39 is 0 Å². The van der Waals surface area contributed by atoms with Crippen LogP contribution in [0.2, 0.25) is 0 Å². The standard InChI is InChI=1S/C100H62N8/c1-5-25-63(26-6-1)70-60-85(76-43-24-30-65-27-13-14-37-74(65)76)101-86(61-70)77-53-56-90(78-39-16-15-38-75(77)78)108-89-46-22-19-42-84(89)95-92(108)58-55-82-80-52-51-68(62-93(80)107(97(82)95)72-34-11-4-12-35-72)64-47-49-67(50-48-64)99-102-98(66-28-7-2-8-29-66)103-100(104-99)69-31-23-36-73(59-69)105-88-45-21-18-41-83(88)94-91(105)57-54-81-79-40-17-20-44-87(79)106(96(81)94)71-32-9-3-10-33-71/h1-62H. The lowest BCUT2D eigenvalue weighted by atomic mass is 9.95.